The molecule has 23 heavy (non-hydrogen) atoms. The number of fused-ring (bicyclic) bond motifs is 1. The molecule has 0 saturated carbocycles. The highest BCUT2D eigenvalue weighted by atomic mass is 35.5. The molecule has 0 spiro atoms. The number of hydrogen-bond acceptors (Lipinski definition) is 2. The Kier molecular flexibility index (Phi) is 5.03. The molecular formula is C18H20ClN3S. The van der Waals surface area contributed by atoms with Crippen molar-refractivity contribution in [3.05, 3.63) is 64.2 Å². The summed E-state index contributed by atoms with van der Waals surface area (Å²) in [6, 6.07) is 14.1. The fourth-order valence-corrected chi connectivity index (χ4v) is 3.21. The van der Waals surface area contributed by atoms with Crippen LogP contribution in [0, 0.1) is 0 Å². The van der Waals surface area contributed by atoms with Crippen LogP contribution in [0.15, 0.2) is 42.5 Å². The van der Waals surface area contributed by atoms with E-state index in [9.17, 15) is 0 Å². The van der Waals surface area contributed by atoms with Gasteiger partial charge in [0, 0.05) is 30.3 Å². The first-order valence-electron chi connectivity index (χ1n) is 7.76. The molecule has 3 N–H and O–H groups in total. The van der Waals surface area contributed by atoms with Gasteiger partial charge in [-0.25, -0.2) is 0 Å². The minimum absolute atomic E-state index is 0.767. The minimum Gasteiger partial charge on any atom is -0.399 e. The minimum atomic E-state index is 0.767. The van der Waals surface area contributed by atoms with Crippen molar-refractivity contribution in [2.75, 3.05) is 18.8 Å². The third-order valence-corrected chi connectivity index (χ3v) is 4.79. The lowest BCUT2D eigenvalue weighted by Gasteiger charge is -2.31. The average Bonchev–Trinajstić information content (AvgIpc) is 2.56. The lowest BCUT2D eigenvalue weighted by Crippen LogP contribution is -2.43. The molecule has 3 rings (SSSR count). The molecule has 1 heterocycles. The first-order valence-corrected chi connectivity index (χ1v) is 8.55. The molecule has 0 amide bonds. The molecule has 1 aliphatic heterocycles. The predicted molar refractivity (Wildman–Crippen MR) is 101 cm³/mol. The van der Waals surface area contributed by atoms with Gasteiger partial charge in [0.25, 0.3) is 0 Å². The Morgan fingerprint density at radius 2 is 1.96 bits per heavy atom. The fraction of sp³-hybridized carbons (Fsp3) is 0.278. The van der Waals surface area contributed by atoms with Crippen molar-refractivity contribution in [3.8, 4) is 0 Å². The normalized spacial score (nSPS) is 13.5. The van der Waals surface area contributed by atoms with Gasteiger partial charge in [0.15, 0.2) is 5.11 Å². The van der Waals surface area contributed by atoms with E-state index in [2.05, 4.69) is 22.3 Å². The maximum absolute atomic E-state index is 5.90. The van der Waals surface area contributed by atoms with E-state index in [1.165, 1.54) is 16.7 Å². The van der Waals surface area contributed by atoms with E-state index < -0.39 is 0 Å². The van der Waals surface area contributed by atoms with Crippen LogP contribution in [0.2, 0.25) is 5.02 Å². The first-order chi connectivity index (χ1) is 11.1. The molecule has 0 aliphatic carbocycles. The van der Waals surface area contributed by atoms with Crippen LogP contribution >= 0.6 is 23.8 Å². The third-order valence-electron chi connectivity index (χ3n) is 4.13. The maximum atomic E-state index is 5.90. The zero-order valence-electron chi connectivity index (χ0n) is 12.9. The molecule has 0 radical (unpaired) electrons. The van der Waals surface area contributed by atoms with Crippen molar-refractivity contribution >= 4 is 34.6 Å². The summed E-state index contributed by atoms with van der Waals surface area (Å²) in [5.41, 5.74) is 10.6. The van der Waals surface area contributed by atoms with E-state index in [4.69, 9.17) is 29.6 Å². The monoisotopic (exact) mass is 345 g/mol. The summed E-state index contributed by atoms with van der Waals surface area (Å²) < 4.78 is 0. The third kappa shape index (κ3) is 4.15. The molecular weight excluding hydrogens is 326 g/mol. The number of anilines is 1. The Morgan fingerprint density at radius 1 is 1.17 bits per heavy atom. The van der Waals surface area contributed by atoms with E-state index >= 15 is 0 Å². The zero-order valence-corrected chi connectivity index (χ0v) is 14.5. The number of nitrogens with zero attached hydrogens (tertiary/aromatic N) is 1. The molecule has 0 saturated heterocycles. The topological polar surface area (TPSA) is 41.3 Å². The number of nitrogens with two attached hydrogens (primary N) is 1. The van der Waals surface area contributed by atoms with Crippen molar-refractivity contribution < 1.29 is 0 Å². The van der Waals surface area contributed by atoms with Crippen LogP contribution < -0.4 is 11.1 Å². The van der Waals surface area contributed by atoms with Crippen molar-refractivity contribution in [1.82, 2.24) is 10.2 Å². The molecule has 0 bridgehead atoms. The smallest absolute Gasteiger partial charge is 0.169 e. The summed E-state index contributed by atoms with van der Waals surface area (Å²) in [7, 11) is 0. The van der Waals surface area contributed by atoms with Gasteiger partial charge < -0.3 is 16.0 Å². The van der Waals surface area contributed by atoms with Crippen LogP contribution in [-0.4, -0.2) is 23.1 Å². The van der Waals surface area contributed by atoms with E-state index in [1.807, 2.05) is 30.3 Å². The number of nitrogens with one attached hydrogen (secondary N) is 1. The van der Waals surface area contributed by atoms with E-state index in [1.54, 1.807) is 0 Å². The lowest BCUT2D eigenvalue weighted by atomic mass is 9.99. The molecule has 0 fully saturated rings. The van der Waals surface area contributed by atoms with Crippen LogP contribution in [0.25, 0.3) is 0 Å². The number of halogens is 1. The fourth-order valence-electron chi connectivity index (χ4n) is 2.83. The summed E-state index contributed by atoms with van der Waals surface area (Å²) in [4.78, 5) is 2.21. The van der Waals surface area contributed by atoms with E-state index in [-0.39, 0.29) is 0 Å². The summed E-state index contributed by atoms with van der Waals surface area (Å²) in [6.45, 7) is 2.59. The Bertz CT molecular complexity index is 700. The van der Waals surface area contributed by atoms with Gasteiger partial charge in [-0.3, -0.25) is 0 Å². The predicted octanol–water partition coefficient (Wildman–Crippen LogP) is 3.40. The van der Waals surface area contributed by atoms with Gasteiger partial charge in [0.2, 0.25) is 0 Å². The quantitative estimate of drug-likeness (QED) is 0.661. The Hall–Kier alpha value is -1.78. The number of thiocarbonyl (C=S) groups is 1. The van der Waals surface area contributed by atoms with Gasteiger partial charge in [-0.2, -0.15) is 0 Å². The average molecular weight is 346 g/mol. The SMILES string of the molecule is Nc1ccc2c(c1)CN(C(=S)NCCc1ccc(Cl)cc1)CC2. The molecule has 3 nitrogen and oxygen atoms in total. The van der Waals surface area contributed by atoms with Crippen molar-refractivity contribution in [2.24, 2.45) is 0 Å². The van der Waals surface area contributed by atoms with E-state index in [0.717, 1.165) is 48.3 Å². The number of hydrogen-bond donors (Lipinski definition) is 2. The number of nitrogen functional groups attached to an aromatic ring is 1. The van der Waals surface area contributed by atoms with Gasteiger partial charge in [0.1, 0.15) is 0 Å². The molecule has 5 heteroatoms. The van der Waals surface area contributed by atoms with Crippen LogP contribution in [0.1, 0.15) is 16.7 Å². The second-order valence-corrected chi connectivity index (χ2v) is 6.63. The van der Waals surface area contributed by atoms with Crippen LogP contribution in [0.5, 0.6) is 0 Å². The second kappa shape index (κ2) is 7.20. The number of benzene rings is 2. The highest BCUT2D eigenvalue weighted by molar-refractivity contribution is 7.80. The molecule has 2 aromatic carbocycles. The summed E-state index contributed by atoms with van der Waals surface area (Å²) in [5, 5.41) is 4.93. The summed E-state index contributed by atoms with van der Waals surface area (Å²) >= 11 is 11.4. The first kappa shape index (κ1) is 16.1. The van der Waals surface area contributed by atoms with Crippen LogP contribution in [0.4, 0.5) is 5.69 Å². The summed E-state index contributed by atoms with van der Waals surface area (Å²) in [6.07, 6.45) is 1.93. The van der Waals surface area contributed by atoms with Crippen molar-refractivity contribution in [2.45, 2.75) is 19.4 Å². The van der Waals surface area contributed by atoms with Crippen molar-refractivity contribution in [3.63, 3.8) is 0 Å². The second-order valence-electron chi connectivity index (χ2n) is 5.81. The molecule has 0 aromatic heterocycles. The van der Waals surface area contributed by atoms with E-state index in [0.29, 0.717) is 0 Å². The summed E-state index contributed by atoms with van der Waals surface area (Å²) in [5.74, 6) is 0. The van der Waals surface area contributed by atoms with Gasteiger partial charge >= 0.3 is 0 Å². The molecule has 120 valence electrons. The standard InChI is InChI=1S/C18H20ClN3S/c19-16-4-1-13(2-5-16)7-9-21-18(23)22-10-8-14-3-6-17(20)11-15(14)12-22/h1-6,11H,7-10,12,20H2,(H,21,23). The van der Waals surface area contributed by atoms with Gasteiger partial charge in [-0.15, -0.1) is 0 Å². The molecule has 2 aromatic rings. The highest BCUT2D eigenvalue weighted by Crippen LogP contribution is 2.21. The largest absolute Gasteiger partial charge is 0.399 e. The lowest BCUT2D eigenvalue weighted by molar-refractivity contribution is 0.388. The molecule has 1 aliphatic rings. The zero-order chi connectivity index (χ0) is 16.2. The van der Waals surface area contributed by atoms with Gasteiger partial charge in [-0.05, 0) is 66.0 Å². The Morgan fingerprint density at radius 3 is 2.74 bits per heavy atom. The van der Waals surface area contributed by atoms with Crippen LogP contribution in [0.3, 0.4) is 0 Å². The highest BCUT2D eigenvalue weighted by Gasteiger charge is 2.18. The number of rotatable bonds is 3. The molecule has 0 unspecified atom stereocenters. The Labute approximate surface area is 147 Å². The van der Waals surface area contributed by atoms with Gasteiger partial charge in [-0.1, -0.05) is 29.8 Å². The Balaban J connectivity index is 1.52. The molecule has 0 atom stereocenters. The van der Waals surface area contributed by atoms with Crippen molar-refractivity contribution in [1.29, 1.82) is 0 Å². The maximum Gasteiger partial charge on any atom is 0.169 e. The van der Waals surface area contributed by atoms with Gasteiger partial charge in [0.05, 0.1) is 0 Å². The van der Waals surface area contributed by atoms with Crippen LogP contribution in [-0.2, 0) is 19.4 Å².